The maximum absolute atomic E-state index is 6.08. The van der Waals surface area contributed by atoms with Crippen molar-refractivity contribution < 1.29 is 28.4 Å². The third-order valence-electron chi connectivity index (χ3n) is 4.23. The maximum atomic E-state index is 6.08. The molecule has 0 aromatic rings. The predicted octanol–water partition coefficient (Wildman–Crippen LogP) is 2.20. The summed E-state index contributed by atoms with van der Waals surface area (Å²) in [5.74, 6) is -1.22. The molecule has 0 N–H and O–H groups in total. The average molecular weight is 316 g/mol. The Labute approximate surface area is 132 Å². The van der Waals surface area contributed by atoms with Gasteiger partial charge in [0.15, 0.2) is 17.9 Å². The van der Waals surface area contributed by atoms with Crippen LogP contribution in [0.3, 0.4) is 0 Å². The second kappa shape index (κ2) is 6.00. The first-order valence-corrected chi connectivity index (χ1v) is 8.26. The topological polar surface area (TPSA) is 55.4 Å². The summed E-state index contributed by atoms with van der Waals surface area (Å²) in [4.78, 5) is 0. The second-order valence-electron chi connectivity index (χ2n) is 7.13. The highest BCUT2D eigenvalue weighted by Gasteiger charge is 2.58. The Kier molecular flexibility index (Phi) is 4.53. The van der Waals surface area contributed by atoms with Crippen LogP contribution in [0, 0.1) is 0 Å². The Morgan fingerprint density at radius 3 is 2.41 bits per heavy atom. The van der Waals surface area contributed by atoms with Crippen molar-refractivity contribution in [2.75, 3.05) is 13.2 Å². The van der Waals surface area contributed by atoms with Crippen molar-refractivity contribution in [1.82, 2.24) is 0 Å². The quantitative estimate of drug-likeness (QED) is 0.725. The molecule has 0 aromatic carbocycles. The van der Waals surface area contributed by atoms with E-state index in [2.05, 4.69) is 6.92 Å². The summed E-state index contributed by atoms with van der Waals surface area (Å²) in [6.07, 6.45) is 0.889. The first-order valence-electron chi connectivity index (χ1n) is 8.26. The van der Waals surface area contributed by atoms with Gasteiger partial charge in [-0.1, -0.05) is 13.3 Å². The fourth-order valence-corrected chi connectivity index (χ4v) is 3.23. The first-order chi connectivity index (χ1) is 10.3. The molecule has 3 heterocycles. The van der Waals surface area contributed by atoms with E-state index < -0.39 is 17.9 Å². The summed E-state index contributed by atoms with van der Waals surface area (Å²) in [5.41, 5.74) is 0. The summed E-state index contributed by atoms with van der Waals surface area (Å²) < 4.78 is 35.6. The fourth-order valence-electron chi connectivity index (χ4n) is 3.23. The number of unbranched alkanes of at least 4 members (excludes halogenated alkanes) is 1. The van der Waals surface area contributed by atoms with Gasteiger partial charge in [-0.15, -0.1) is 0 Å². The molecule has 0 aromatic heterocycles. The van der Waals surface area contributed by atoms with Crippen molar-refractivity contribution >= 4 is 0 Å². The minimum atomic E-state index is -0.640. The molecule has 0 aliphatic carbocycles. The number of ether oxygens (including phenoxy) is 6. The summed E-state index contributed by atoms with van der Waals surface area (Å²) in [6, 6.07) is 0. The van der Waals surface area contributed by atoms with Crippen LogP contribution in [0.25, 0.3) is 0 Å². The highest BCUT2D eigenvalue weighted by Crippen LogP contribution is 2.41. The molecule has 0 spiro atoms. The maximum Gasteiger partial charge on any atom is 0.190 e. The number of hydrogen-bond donors (Lipinski definition) is 0. The van der Waals surface area contributed by atoms with E-state index in [0.717, 1.165) is 12.8 Å². The Hall–Kier alpha value is -0.240. The molecule has 3 fully saturated rings. The van der Waals surface area contributed by atoms with Crippen LogP contribution >= 0.6 is 0 Å². The van der Waals surface area contributed by atoms with E-state index in [1.54, 1.807) is 0 Å². The van der Waals surface area contributed by atoms with Gasteiger partial charge >= 0.3 is 0 Å². The highest BCUT2D eigenvalue weighted by atomic mass is 16.8. The van der Waals surface area contributed by atoms with E-state index in [4.69, 9.17) is 28.4 Å². The summed E-state index contributed by atoms with van der Waals surface area (Å²) in [6.45, 7) is 10.9. The molecular weight excluding hydrogens is 288 g/mol. The number of fused-ring (bicyclic) bond motifs is 1. The Morgan fingerprint density at radius 2 is 1.77 bits per heavy atom. The zero-order valence-electron chi connectivity index (χ0n) is 14.2. The predicted molar refractivity (Wildman–Crippen MR) is 78.3 cm³/mol. The standard InChI is InChI=1S/C16H28O6/c1-6-7-8-17-12-11(10-9-18-15(2,3)20-10)19-14-13(12)21-16(4,5)22-14/h10-14H,6-9H2,1-5H3/t10?,11-,12?,13+,14-/m1/s1. The molecule has 0 amide bonds. The molecule has 3 rings (SSSR count). The van der Waals surface area contributed by atoms with Crippen LogP contribution in [0.1, 0.15) is 47.5 Å². The van der Waals surface area contributed by atoms with Gasteiger partial charge in [-0.25, -0.2) is 0 Å². The van der Waals surface area contributed by atoms with Crippen LogP contribution in [-0.2, 0) is 28.4 Å². The Bertz CT molecular complexity index is 396. The van der Waals surface area contributed by atoms with Gasteiger partial charge < -0.3 is 28.4 Å². The van der Waals surface area contributed by atoms with E-state index in [1.807, 2.05) is 27.7 Å². The van der Waals surface area contributed by atoms with Crippen molar-refractivity contribution in [3.8, 4) is 0 Å². The van der Waals surface area contributed by atoms with Gasteiger partial charge in [0.05, 0.1) is 6.61 Å². The molecule has 128 valence electrons. The van der Waals surface area contributed by atoms with Crippen molar-refractivity contribution in [2.24, 2.45) is 0 Å². The number of hydrogen-bond acceptors (Lipinski definition) is 6. The van der Waals surface area contributed by atoms with E-state index in [-0.39, 0.29) is 24.4 Å². The van der Waals surface area contributed by atoms with Crippen molar-refractivity contribution in [3.05, 3.63) is 0 Å². The van der Waals surface area contributed by atoms with Gasteiger partial charge in [0.25, 0.3) is 0 Å². The van der Waals surface area contributed by atoms with E-state index in [1.165, 1.54) is 0 Å². The summed E-state index contributed by atoms with van der Waals surface area (Å²) >= 11 is 0. The van der Waals surface area contributed by atoms with Gasteiger partial charge in [0.1, 0.15) is 24.4 Å². The third-order valence-corrected chi connectivity index (χ3v) is 4.23. The zero-order valence-corrected chi connectivity index (χ0v) is 14.2. The molecule has 0 bridgehead atoms. The largest absolute Gasteiger partial charge is 0.372 e. The van der Waals surface area contributed by atoms with Crippen molar-refractivity contribution in [3.63, 3.8) is 0 Å². The van der Waals surface area contributed by atoms with Crippen LogP contribution in [-0.4, -0.2) is 55.5 Å². The SMILES string of the molecule is CCCCOC1[C@@H](C2COC(C)(C)O2)O[C@@H]2OC(C)(C)O[C@@H]12. The molecule has 3 aliphatic rings. The van der Waals surface area contributed by atoms with Crippen LogP contribution in [0.2, 0.25) is 0 Å². The van der Waals surface area contributed by atoms with E-state index in [0.29, 0.717) is 13.2 Å². The molecule has 0 radical (unpaired) electrons. The lowest BCUT2D eigenvalue weighted by atomic mass is 10.1. The fraction of sp³-hybridized carbons (Fsp3) is 1.00. The highest BCUT2D eigenvalue weighted by molar-refractivity contribution is 4.98. The van der Waals surface area contributed by atoms with Gasteiger partial charge in [-0.3, -0.25) is 0 Å². The smallest absolute Gasteiger partial charge is 0.190 e. The molecule has 6 heteroatoms. The summed E-state index contributed by atoms with van der Waals surface area (Å²) in [5, 5.41) is 0. The lowest BCUT2D eigenvalue weighted by molar-refractivity contribution is -0.236. The van der Waals surface area contributed by atoms with E-state index in [9.17, 15) is 0 Å². The Morgan fingerprint density at radius 1 is 1.00 bits per heavy atom. The normalized spacial score (nSPS) is 42.7. The lowest BCUT2D eigenvalue weighted by Crippen LogP contribution is -2.44. The molecule has 3 saturated heterocycles. The van der Waals surface area contributed by atoms with Crippen molar-refractivity contribution in [2.45, 2.75) is 89.7 Å². The van der Waals surface area contributed by atoms with Crippen LogP contribution in [0.15, 0.2) is 0 Å². The number of rotatable bonds is 5. The minimum Gasteiger partial charge on any atom is -0.372 e. The summed E-state index contributed by atoms with van der Waals surface area (Å²) in [7, 11) is 0. The molecule has 6 nitrogen and oxygen atoms in total. The van der Waals surface area contributed by atoms with Gasteiger partial charge in [0.2, 0.25) is 0 Å². The monoisotopic (exact) mass is 316 g/mol. The van der Waals surface area contributed by atoms with Gasteiger partial charge in [-0.2, -0.15) is 0 Å². The van der Waals surface area contributed by atoms with Crippen LogP contribution < -0.4 is 0 Å². The lowest BCUT2D eigenvalue weighted by Gasteiger charge is -2.29. The van der Waals surface area contributed by atoms with Crippen LogP contribution in [0.5, 0.6) is 0 Å². The van der Waals surface area contributed by atoms with E-state index >= 15 is 0 Å². The minimum absolute atomic E-state index is 0.164. The second-order valence-corrected chi connectivity index (χ2v) is 7.13. The Balaban J connectivity index is 1.69. The van der Waals surface area contributed by atoms with Crippen molar-refractivity contribution in [1.29, 1.82) is 0 Å². The van der Waals surface area contributed by atoms with Gasteiger partial charge in [0, 0.05) is 6.61 Å². The van der Waals surface area contributed by atoms with Crippen LogP contribution in [0.4, 0.5) is 0 Å². The molecule has 22 heavy (non-hydrogen) atoms. The molecular formula is C16H28O6. The molecule has 3 aliphatic heterocycles. The first kappa shape index (κ1) is 16.6. The van der Waals surface area contributed by atoms with Gasteiger partial charge in [-0.05, 0) is 34.1 Å². The molecule has 0 saturated carbocycles. The molecule has 2 unspecified atom stereocenters. The molecule has 5 atom stereocenters. The third kappa shape index (κ3) is 3.32. The average Bonchev–Trinajstić information content (AvgIpc) is 3.01. The zero-order chi connectivity index (χ0) is 16.0.